The standard InChI is InChI=1S/C15H14N2O/c16-10-14(17)11-18-15-8-6-13(7-9-15)12-4-2-1-3-5-12/h1-9,14H,11,17H2. The maximum atomic E-state index is 8.55. The van der Waals surface area contributed by atoms with E-state index in [-0.39, 0.29) is 6.61 Å². The zero-order valence-electron chi connectivity index (χ0n) is 9.91. The quantitative estimate of drug-likeness (QED) is 0.890. The van der Waals surface area contributed by atoms with Crippen molar-refractivity contribution in [3.8, 4) is 22.9 Å². The van der Waals surface area contributed by atoms with Gasteiger partial charge >= 0.3 is 0 Å². The summed E-state index contributed by atoms with van der Waals surface area (Å²) in [6.07, 6.45) is 0. The van der Waals surface area contributed by atoms with E-state index in [1.54, 1.807) is 0 Å². The van der Waals surface area contributed by atoms with Crippen molar-refractivity contribution < 1.29 is 4.74 Å². The van der Waals surface area contributed by atoms with Gasteiger partial charge in [-0.25, -0.2) is 0 Å². The maximum absolute atomic E-state index is 8.55. The molecule has 0 heterocycles. The molecule has 1 unspecified atom stereocenters. The van der Waals surface area contributed by atoms with E-state index >= 15 is 0 Å². The summed E-state index contributed by atoms with van der Waals surface area (Å²) in [5, 5.41) is 8.55. The van der Waals surface area contributed by atoms with Crippen molar-refractivity contribution in [3.63, 3.8) is 0 Å². The van der Waals surface area contributed by atoms with Gasteiger partial charge in [0.05, 0.1) is 6.07 Å². The molecule has 0 aromatic heterocycles. The normalized spacial score (nSPS) is 11.6. The van der Waals surface area contributed by atoms with Gasteiger partial charge in [-0.05, 0) is 23.3 Å². The van der Waals surface area contributed by atoms with Crippen LogP contribution in [-0.2, 0) is 0 Å². The SMILES string of the molecule is N#CC(N)COc1ccc(-c2ccccc2)cc1. The molecule has 0 saturated carbocycles. The predicted molar refractivity (Wildman–Crippen MR) is 71.0 cm³/mol. The van der Waals surface area contributed by atoms with Gasteiger partial charge in [-0.3, -0.25) is 0 Å². The van der Waals surface area contributed by atoms with Crippen LogP contribution in [-0.4, -0.2) is 12.6 Å². The van der Waals surface area contributed by atoms with Crippen LogP contribution in [0.4, 0.5) is 0 Å². The van der Waals surface area contributed by atoms with Gasteiger partial charge in [0.1, 0.15) is 18.4 Å². The molecular weight excluding hydrogens is 224 g/mol. The second-order valence-electron chi connectivity index (χ2n) is 3.94. The van der Waals surface area contributed by atoms with E-state index in [1.165, 1.54) is 0 Å². The third kappa shape index (κ3) is 3.09. The molecule has 1 atom stereocenters. The van der Waals surface area contributed by atoms with Gasteiger partial charge in [0, 0.05) is 0 Å². The second-order valence-corrected chi connectivity index (χ2v) is 3.94. The molecular formula is C15H14N2O. The lowest BCUT2D eigenvalue weighted by atomic mass is 10.1. The molecule has 2 aromatic carbocycles. The van der Waals surface area contributed by atoms with E-state index in [4.69, 9.17) is 15.7 Å². The van der Waals surface area contributed by atoms with Crippen molar-refractivity contribution in [3.05, 3.63) is 54.6 Å². The molecule has 2 aromatic rings. The molecule has 90 valence electrons. The number of nitrogens with two attached hydrogens (primary N) is 1. The first kappa shape index (κ1) is 12.2. The van der Waals surface area contributed by atoms with Crippen molar-refractivity contribution in [1.29, 1.82) is 5.26 Å². The summed E-state index contributed by atoms with van der Waals surface area (Å²) in [4.78, 5) is 0. The van der Waals surface area contributed by atoms with Crippen LogP contribution in [0.15, 0.2) is 54.6 Å². The van der Waals surface area contributed by atoms with Crippen LogP contribution in [0.5, 0.6) is 5.75 Å². The third-order valence-electron chi connectivity index (χ3n) is 2.56. The zero-order valence-corrected chi connectivity index (χ0v) is 9.91. The third-order valence-corrected chi connectivity index (χ3v) is 2.56. The van der Waals surface area contributed by atoms with Crippen molar-refractivity contribution in [2.45, 2.75) is 6.04 Å². The summed E-state index contributed by atoms with van der Waals surface area (Å²) < 4.78 is 5.40. The lowest BCUT2D eigenvalue weighted by Crippen LogP contribution is -2.25. The molecule has 3 nitrogen and oxygen atoms in total. The number of nitriles is 1. The number of benzene rings is 2. The number of nitrogens with zero attached hydrogens (tertiary/aromatic N) is 1. The van der Waals surface area contributed by atoms with Gasteiger partial charge in [0.25, 0.3) is 0 Å². The molecule has 0 bridgehead atoms. The number of hydrogen-bond donors (Lipinski definition) is 1. The van der Waals surface area contributed by atoms with Gasteiger partial charge in [-0.1, -0.05) is 42.5 Å². The van der Waals surface area contributed by atoms with Crippen molar-refractivity contribution >= 4 is 0 Å². The monoisotopic (exact) mass is 238 g/mol. The van der Waals surface area contributed by atoms with Crippen LogP contribution in [0.2, 0.25) is 0 Å². The van der Waals surface area contributed by atoms with Crippen LogP contribution in [0.1, 0.15) is 0 Å². The molecule has 0 spiro atoms. The minimum atomic E-state index is -0.584. The fourth-order valence-electron chi connectivity index (χ4n) is 1.60. The van der Waals surface area contributed by atoms with E-state index in [9.17, 15) is 0 Å². The Morgan fingerprint density at radius 1 is 1.00 bits per heavy atom. The molecule has 2 rings (SSSR count). The molecule has 0 aliphatic carbocycles. The highest BCUT2D eigenvalue weighted by Crippen LogP contribution is 2.21. The molecule has 18 heavy (non-hydrogen) atoms. The lowest BCUT2D eigenvalue weighted by molar-refractivity contribution is 0.309. The van der Waals surface area contributed by atoms with Crippen molar-refractivity contribution in [2.24, 2.45) is 5.73 Å². The Labute approximate surface area is 106 Å². The largest absolute Gasteiger partial charge is 0.491 e. The first-order chi connectivity index (χ1) is 8.79. The molecule has 0 radical (unpaired) electrons. The molecule has 0 aliphatic rings. The number of rotatable bonds is 4. The topological polar surface area (TPSA) is 59.0 Å². The van der Waals surface area contributed by atoms with Crippen molar-refractivity contribution in [1.82, 2.24) is 0 Å². The zero-order chi connectivity index (χ0) is 12.8. The summed E-state index contributed by atoms with van der Waals surface area (Å²) in [6, 6.07) is 19.2. The average Bonchev–Trinajstić information content (AvgIpc) is 2.46. The van der Waals surface area contributed by atoms with Crippen LogP contribution >= 0.6 is 0 Å². The smallest absolute Gasteiger partial charge is 0.127 e. The van der Waals surface area contributed by atoms with Crippen LogP contribution in [0, 0.1) is 11.3 Å². The van der Waals surface area contributed by atoms with Gasteiger partial charge in [0.2, 0.25) is 0 Å². The van der Waals surface area contributed by atoms with E-state index < -0.39 is 6.04 Å². The van der Waals surface area contributed by atoms with Crippen molar-refractivity contribution in [2.75, 3.05) is 6.61 Å². The highest BCUT2D eigenvalue weighted by molar-refractivity contribution is 5.63. The molecule has 0 amide bonds. The highest BCUT2D eigenvalue weighted by atomic mass is 16.5. The maximum Gasteiger partial charge on any atom is 0.127 e. The fourth-order valence-corrected chi connectivity index (χ4v) is 1.60. The Morgan fingerprint density at radius 3 is 2.22 bits per heavy atom. The Morgan fingerprint density at radius 2 is 1.61 bits per heavy atom. The Kier molecular flexibility index (Phi) is 3.95. The van der Waals surface area contributed by atoms with Gasteiger partial charge in [0.15, 0.2) is 0 Å². The highest BCUT2D eigenvalue weighted by Gasteiger charge is 2.01. The molecule has 2 N–H and O–H groups in total. The summed E-state index contributed by atoms with van der Waals surface area (Å²) >= 11 is 0. The minimum absolute atomic E-state index is 0.210. The van der Waals surface area contributed by atoms with E-state index in [1.807, 2.05) is 48.5 Å². The van der Waals surface area contributed by atoms with Gasteiger partial charge in [-0.2, -0.15) is 5.26 Å². The van der Waals surface area contributed by atoms with Crippen LogP contribution in [0.25, 0.3) is 11.1 Å². The molecule has 3 heteroatoms. The molecule has 0 aliphatic heterocycles. The Bertz CT molecular complexity index is 529. The fraction of sp³-hybridized carbons (Fsp3) is 0.133. The first-order valence-electron chi connectivity index (χ1n) is 5.73. The van der Waals surface area contributed by atoms with E-state index in [2.05, 4.69) is 12.1 Å². The van der Waals surface area contributed by atoms with E-state index in [0.717, 1.165) is 16.9 Å². The number of hydrogen-bond acceptors (Lipinski definition) is 3. The van der Waals surface area contributed by atoms with Gasteiger partial charge < -0.3 is 10.5 Å². The average molecular weight is 238 g/mol. The summed E-state index contributed by atoms with van der Waals surface area (Å²) in [5.41, 5.74) is 7.75. The molecule has 0 saturated heterocycles. The first-order valence-corrected chi connectivity index (χ1v) is 5.73. The summed E-state index contributed by atoms with van der Waals surface area (Å²) in [5.74, 6) is 0.723. The van der Waals surface area contributed by atoms with Gasteiger partial charge in [-0.15, -0.1) is 0 Å². The Balaban J connectivity index is 2.05. The van der Waals surface area contributed by atoms with Crippen LogP contribution < -0.4 is 10.5 Å². The second kappa shape index (κ2) is 5.85. The summed E-state index contributed by atoms with van der Waals surface area (Å²) in [6.45, 7) is 0.210. The van der Waals surface area contributed by atoms with Crippen LogP contribution in [0.3, 0.4) is 0 Å². The predicted octanol–water partition coefficient (Wildman–Crippen LogP) is 2.58. The summed E-state index contributed by atoms with van der Waals surface area (Å²) in [7, 11) is 0. The Hall–Kier alpha value is -2.31. The molecule has 0 fully saturated rings. The van der Waals surface area contributed by atoms with E-state index in [0.29, 0.717) is 0 Å². The number of ether oxygens (including phenoxy) is 1. The lowest BCUT2D eigenvalue weighted by Gasteiger charge is -2.08. The minimum Gasteiger partial charge on any atom is -0.491 e.